The van der Waals surface area contributed by atoms with Gasteiger partial charge in [-0.05, 0) is 44.1 Å². The molecule has 2 aliphatic rings. The maximum Gasteiger partial charge on any atom is 0.251 e. The predicted octanol–water partition coefficient (Wildman–Crippen LogP) is 5.63. The highest BCUT2D eigenvalue weighted by atomic mass is 28.4. The van der Waals surface area contributed by atoms with Crippen LogP contribution in [0.25, 0.3) is 0 Å². The van der Waals surface area contributed by atoms with Crippen molar-refractivity contribution >= 4 is 37.4 Å². The van der Waals surface area contributed by atoms with Crippen LogP contribution in [0.4, 0.5) is 31.9 Å². The lowest BCUT2D eigenvalue weighted by molar-refractivity contribution is -0.121. The Bertz CT molecular complexity index is 1170. The van der Waals surface area contributed by atoms with E-state index >= 15 is 0 Å². The number of anilines is 4. The van der Waals surface area contributed by atoms with Crippen molar-refractivity contribution in [3.05, 3.63) is 29.7 Å². The summed E-state index contributed by atoms with van der Waals surface area (Å²) in [5.74, 6) is -0.531. The van der Waals surface area contributed by atoms with Gasteiger partial charge in [-0.1, -0.05) is 20.8 Å². The molecule has 0 radical (unpaired) electrons. The van der Waals surface area contributed by atoms with Gasteiger partial charge in [0.2, 0.25) is 5.91 Å². The molecule has 2 aromatic heterocycles. The van der Waals surface area contributed by atoms with E-state index < -0.39 is 19.7 Å². The summed E-state index contributed by atoms with van der Waals surface area (Å²) < 4.78 is 33.5. The first-order valence-corrected chi connectivity index (χ1v) is 15.6. The molecule has 0 aliphatic carbocycles. The lowest BCUT2D eigenvalue weighted by Gasteiger charge is -2.35. The second-order valence-electron chi connectivity index (χ2n) is 12.0. The minimum atomic E-state index is -2.62. The van der Waals surface area contributed by atoms with Gasteiger partial charge in [0.1, 0.15) is 17.5 Å². The summed E-state index contributed by atoms with van der Waals surface area (Å²) in [6.45, 7) is 15.3. The highest BCUT2D eigenvalue weighted by molar-refractivity contribution is 6.74. The van der Waals surface area contributed by atoms with Crippen molar-refractivity contribution < 1.29 is 18.0 Å². The molecular formula is C26H38F2N6O2Si. The SMILES string of the molecule is CNc1nc(CO[Si](C)(C)C(C)(C)C)nc2c1C(C)(C)C(=O)N2c1ccc(N2CCC(F)(F)CC2)nc1. The van der Waals surface area contributed by atoms with Crippen molar-refractivity contribution in [2.75, 3.05) is 35.3 Å². The van der Waals surface area contributed by atoms with Gasteiger partial charge in [0.15, 0.2) is 14.1 Å². The van der Waals surface area contributed by atoms with Crippen LogP contribution in [0.15, 0.2) is 18.3 Å². The Morgan fingerprint density at radius 3 is 2.32 bits per heavy atom. The maximum absolute atomic E-state index is 13.7. The molecule has 0 spiro atoms. The smallest absolute Gasteiger partial charge is 0.251 e. The number of hydrogen-bond donors (Lipinski definition) is 1. The van der Waals surface area contributed by atoms with E-state index in [-0.39, 0.29) is 43.5 Å². The van der Waals surface area contributed by atoms with Crippen molar-refractivity contribution in [3.63, 3.8) is 0 Å². The Morgan fingerprint density at radius 2 is 1.78 bits per heavy atom. The summed E-state index contributed by atoms with van der Waals surface area (Å²) >= 11 is 0. The second-order valence-corrected chi connectivity index (χ2v) is 16.8. The number of fused-ring (bicyclic) bond motifs is 1. The topological polar surface area (TPSA) is 83.5 Å². The largest absolute Gasteiger partial charge is 0.409 e. The number of rotatable bonds is 6. The van der Waals surface area contributed by atoms with Crippen LogP contribution in [-0.4, -0.2) is 55.2 Å². The summed E-state index contributed by atoms with van der Waals surface area (Å²) in [6, 6.07) is 3.57. The van der Waals surface area contributed by atoms with Crippen LogP contribution >= 0.6 is 0 Å². The molecule has 0 unspecified atom stereocenters. The summed E-state index contributed by atoms with van der Waals surface area (Å²) in [5.41, 5.74) is 0.433. The molecule has 2 aliphatic heterocycles. The molecule has 8 nitrogen and oxygen atoms in total. The molecule has 1 N–H and O–H groups in total. The van der Waals surface area contributed by atoms with E-state index in [4.69, 9.17) is 14.4 Å². The molecule has 1 fully saturated rings. The summed E-state index contributed by atoms with van der Waals surface area (Å²) in [6.07, 6.45) is 1.23. The van der Waals surface area contributed by atoms with Gasteiger partial charge in [-0.25, -0.2) is 23.7 Å². The van der Waals surface area contributed by atoms with Gasteiger partial charge in [-0.3, -0.25) is 9.69 Å². The summed E-state index contributed by atoms with van der Waals surface area (Å²) in [5, 5.41) is 3.18. The van der Waals surface area contributed by atoms with E-state index in [2.05, 4.69) is 44.2 Å². The van der Waals surface area contributed by atoms with E-state index in [0.717, 1.165) is 5.56 Å². The first-order valence-electron chi connectivity index (χ1n) is 12.7. The first kappa shape index (κ1) is 27.4. The van der Waals surface area contributed by atoms with Gasteiger partial charge >= 0.3 is 0 Å². The molecule has 1 amide bonds. The molecule has 202 valence electrons. The lowest BCUT2D eigenvalue weighted by atomic mass is 9.87. The van der Waals surface area contributed by atoms with E-state index in [0.29, 0.717) is 29.0 Å². The maximum atomic E-state index is 13.7. The number of nitrogens with one attached hydrogen (secondary N) is 1. The monoisotopic (exact) mass is 532 g/mol. The third kappa shape index (κ3) is 5.07. The third-order valence-electron chi connectivity index (χ3n) is 7.93. The third-order valence-corrected chi connectivity index (χ3v) is 12.4. The number of hydrogen-bond acceptors (Lipinski definition) is 7. The molecule has 2 aromatic rings. The minimum Gasteiger partial charge on any atom is -0.409 e. The van der Waals surface area contributed by atoms with Crippen LogP contribution in [0.2, 0.25) is 18.1 Å². The zero-order valence-electron chi connectivity index (χ0n) is 23.1. The normalized spacial score (nSPS) is 19.2. The molecule has 0 saturated carbocycles. The van der Waals surface area contributed by atoms with Crippen LogP contribution in [0, 0.1) is 0 Å². The molecule has 4 rings (SSSR count). The van der Waals surface area contributed by atoms with Crippen molar-refractivity contribution in [3.8, 4) is 0 Å². The van der Waals surface area contributed by atoms with E-state index in [1.807, 2.05) is 18.7 Å². The van der Waals surface area contributed by atoms with Crippen LogP contribution in [0.3, 0.4) is 0 Å². The fourth-order valence-corrected chi connectivity index (χ4v) is 5.34. The van der Waals surface area contributed by atoms with Gasteiger partial charge in [-0.2, -0.15) is 0 Å². The number of aromatic nitrogens is 3. The van der Waals surface area contributed by atoms with Crippen LogP contribution in [-0.2, 0) is 21.2 Å². The molecule has 0 bridgehead atoms. The van der Waals surface area contributed by atoms with Crippen molar-refractivity contribution in [1.82, 2.24) is 15.0 Å². The van der Waals surface area contributed by atoms with Crippen molar-refractivity contribution in [1.29, 1.82) is 0 Å². The number of alkyl halides is 2. The molecule has 11 heteroatoms. The quantitative estimate of drug-likeness (QED) is 0.483. The van der Waals surface area contributed by atoms with Crippen LogP contribution < -0.4 is 15.1 Å². The second kappa shape index (κ2) is 9.27. The number of piperidine rings is 1. The van der Waals surface area contributed by atoms with Crippen LogP contribution in [0.1, 0.15) is 58.8 Å². The van der Waals surface area contributed by atoms with E-state index in [9.17, 15) is 13.6 Å². The molecule has 37 heavy (non-hydrogen) atoms. The minimum absolute atomic E-state index is 0.0389. The van der Waals surface area contributed by atoms with Crippen molar-refractivity contribution in [2.45, 2.75) is 83.5 Å². The van der Waals surface area contributed by atoms with Crippen molar-refractivity contribution in [2.24, 2.45) is 0 Å². The standard InChI is InChI=1S/C26H38F2N6O2Si/c1-24(2,3)37(7,8)36-16-18-31-21(29-6)20-22(32-18)34(23(35)25(20,4)5)17-9-10-19(30-15-17)33-13-11-26(27,28)12-14-33/h9-10,15H,11-14,16H2,1-8H3,(H,29,31,32). The molecule has 1 saturated heterocycles. The van der Waals surface area contributed by atoms with Gasteiger partial charge in [-0.15, -0.1) is 0 Å². The Labute approximate surface area is 219 Å². The zero-order valence-corrected chi connectivity index (χ0v) is 24.1. The predicted molar refractivity (Wildman–Crippen MR) is 144 cm³/mol. The fraction of sp³-hybridized carbons (Fsp3) is 0.615. The average Bonchev–Trinajstić information content (AvgIpc) is 3.02. The average molecular weight is 533 g/mol. The summed E-state index contributed by atoms with van der Waals surface area (Å²) in [7, 11) is -0.258. The fourth-order valence-electron chi connectivity index (χ4n) is 4.42. The Hall–Kier alpha value is -2.66. The highest BCUT2D eigenvalue weighted by Crippen LogP contribution is 2.47. The Balaban J connectivity index is 1.67. The number of carbonyl (C=O) groups excluding carboxylic acids is 1. The van der Waals surface area contributed by atoms with Gasteiger partial charge in [0, 0.05) is 33.0 Å². The van der Waals surface area contributed by atoms with Gasteiger partial charge < -0.3 is 14.6 Å². The summed E-state index contributed by atoms with van der Waals surface area (Å²) in [4.78, 5) is 31.1. The molecular weight excluding hydrogens is 494 g/mol. The number of carbonyl (C=O) groups is 1. The zero-order chi connectivity index (χ0) is 27.4. The van der Waals surface area contributed by atoms with Crippen LogP contribution in [0.5, 0.6) is 0 Å². The number of amides is 1. The Morgan fingerprint density at radius 1 is 1.14 bits per heavy atom. The molecule has 0 aromatic carbocycles. The van der Waals surface area contributed by atoms with E-state index in [1.54, 1.807) is 30.3 Å². The Kier molecular flexibility index (Phi) is 6.86. The number of nitrogens with zero attached hydrogens (tertiary/aromatic N) is 5. The number of pyridine rings is 1. The molecule has 0 atom stereocenters. The first-order chi connectivity index (χ1) is 17.1. The highest BCUT2D eigenvalue weighted by Gasteiger charge is 2.48. The lowest BCUT2D eigenvalue weighted by Crippen LogP contribution is -2.40. The number of halogens is 2. The van der Waals surface area contributed by atoms with Gasteiger partial charge in [0.25, 0.3) is 5.92 Å². The van der Waals surface area contributed by atoms with E-state index in [1.165, 1.54) is 0 Å². The van der Waals surface area contributed by atoms with Gasteiger partial charge in [0.05, 0.1) is 29.5 Å². The molecule has 4 heterocycles.